The van der Waals surface area contributed by atoms with E-state index in [0.29, 0.717) is 11.7 Å². The predicted molar refractivity (Wildman–Crippen MR) is 75.5 cm³/mol. The Balaban J connectivity index is 0.00000128. The summed E-state index contributed by atoms with van der Waals surface area (Å²) >= 11 is 0. The monoisotopic (exact) mass is 278 g/mol. The van der Waals surface area contributed by atoms with Gasteiger partial charge >= 0.3 is 0 Å². The average Bonchev–Trinajstić information content (AvgIpc) is 2.30. The van der Waals surface area contributed by atoms with E-state index in [0.717, 1.165) is 5.75 Å². The van der Waals surface area contributed by atoms with Gasteiger partial charge in [-0.15, -0.1) is 24.8 Å². The van der Waals surface area contributed by atoms with E-state index < -0.39 is 0 Å². The molecule has 0 aromatic carbocycles. The molecule has 0 atom stereocenters. The van der Waals surface area contributed by atoms with Gasteiger partial charge in [-0.25, -0.2) is 4.98 Å². The Morgan fingerprint density at radius 1 is 1.24 bits per heavy atom. The molecule has 2 N–H and O–H groups in total. The summed E-state index contributed by atoms with van der Waals surface area (Å²) in [6.45, 7) is 0. The minimum atomic E-state index is 0. The van der Waals surface area contributed by atoms with Crippen molar-refractivity contribution >= 4 is 30.6 Å². The predicted octanol–water partition coefficient (Wildman–Crippen LogP) is 3.56. The van der Waals surface area contributed by atoms with E-state index in [-0.39, 0.29) is 24.8 Å². The molecule has 1 aliphatic carbocycles. The molecule has 1 aromatic heterocycles. The number of halogens is 2. The van der Waals surface area contributed by atoms with Gasteiger partial charge in [-0.05, 0) is 18.8 Å². The fourth-order valence-electron chi connectivity index (χ4n) is 2.36. The number of anilines is 1. The van der Waals surface area contributed by atoms with Gasteiger partial charge in [0.1, 0.15) is 11.6 Å². The highest BCUT2D eigenvalue weighted by Crippen LogP contribution is 2.37. The van der Waals surface area contributed by atoms with Crippen LogP contribution >= 0.6 is 24.8 Å². The van der Waals surface area contributed by atoms with Gasteiger partial charge in [0.25, 0.3) is 0 Å². The summed E-state index contributed by atoms with van der Waals surface area (Å²) in [5.41, 5.74) is 6.87. The number of rotatable bonds is 2. The first-order chi connectivity index (χ1) is 7.31. The molecule has 0 amide bonds. The lowest BCUT2D eigenvalue weighted by molar-refractivity contribution is 0.386. The van der Waals surface area contributed by atoms with Gasteiger partial charge in [0.05, 0.1) is 7.11 Å². The van der Waals surface area contributed by atoms with Crippen LogP contribution in [0.4, 0.5) is 5.82 Å². The highest BCUT2D eigenvalue weighted by molar-refractivity contribution is 5.85. The molecule has 2 rings (SSSR count). The van der Waals surface area contributed by atoms with Crippen LogP contribution in [-0.2, 0) is 0 Å². The van der Waals surface area contributed by atoms with Gasteiger partial charge < -0.3 is 10.5 Å². The van der Waals surface area contributed by atoms with Crippen LogP contribution in [0.3, 0.4) is 0 Å². The SMILES string of the molecule is COc1cc(N)ncc1C1CCCCC1.Cl.Cl. The number of ether oxygens (including phenoxy) is 1. The first-order valence-corrected chi connectivity index (χ1v) is 5.60. The molecule has 1 aliphatic rings. The normalized spacial score (nSPS) is 15.6. The Morgan fingerprint density at radius 3 is 2.47 bits per heavy atom. The number of nitrogens with two attached hydrogens (primary N) is 1. The third-order valence-electron chi connectivity index (χ3n) is 3.18. The maximum Gasteiger partial charge on any atom is 0.127 e. The van der Waals surface area contributed by atoms with Crippen LogP contribution < -0.4 is 10.5 Å². The van der Waals surface area contributed by atoms with Gasteiger partial charge in [-0.1, -0.05) is 19.3 Å². The topological polar surface area (TPSA) is 48.1 Å². The van der Waals surface area contributed by atoms with Crippen molar-refractivity contribution in [2.45, 2.75) is 38.0 Å². The minimum absolute atomic E-state index is 0. The second-order valence-electron chi connectivity index (χ2n) is 4.19. The lowest BCUT2D eigenvalue weighted by Gasteiger charge is -2.23. The van der Waals surface area contributed by atoms with Crippen LogP contribution in [0, 0.1) is 0 Å². The smallest absolute Gasteiger partial charge is 0.127 e. The molecule has 98 valence electrons. The molecular weight excluding hydrogens is 259 g/mol. The second-order valence-corrected chi connectivity index (χ2v) is 4.19. The van der Waals surface area contributed by atoms with E-state index in [1.54, 1.807) is 7.11 Å². The number of pyridine rings is 1. The molecule has 0 spiro atoms. The van der Waals surface area contributed by atoms with E-state index in [1.165, 1.54) is 37.7 Å². The molecule has 0 unspecified atom stereocenters. The third kappa shape index (κ3) is 3.93. The van der Waals surface area contributed by atoms with Crippen LogP contribution in [0.2, 0.25) is 0 Å². The molecule has 0 radical (unpaired) electrons. The molecule has 0 aliphatic heterocycles. The highest BCUT2D eigenvalue weighted by Gasteiger charge is 2.19. The number of hydrogen-bond donors (Lipinski definition) is 1. The molecule has 1 fully saturated rings. The van der Waals surface area contributed by atoms with Crippen LogP contribution in [0.15, 0.2) is 12.3 Å². The van der Waals surface area contributed by atoms with Crippen LogP contribution in [-0.4, -0.2) is 12.1 Å². The summed E-state index contributed by atoms with van der Waals surface area (Å²) < 4.78 is 5.36. The number of hydrogen-bond acceptors (Lipinski definition) is 3. The summed E-state index contributed by atoms with van der Waals surface area (Å²) in [7, 11) is 1.70. The van der Waals surface area contributed by atoms with Crippen molar-refractivity contribution in [1.29, 1.82) is 0 Å². The first kappa shape index (κ1) is 16.3. The Bertz CT molecular complexity index is 341. The Morgan fingerprint density at radius 2 is 1.88 bits per heavy atom. The largest absolute Gasteiger partial charge is 0.496 e. The van der Waals surface area contributed by atoms with Gasteiger partial charge in [0.2, 0.25) is 0 Å². The minimum Gasteiger partial charge on any atom is -0.496 e. The zero-order valence-corrected chi connectivity index (χ0v) is 11.6. The molecular formula is C12H20Cl2N2O. The van der Waals surface area contributed by atoms with E-state index >= 15 is 0 Å². The molecule has 1 heterocycles. The fourth-order valence-corrected chi connectivity index (χ4v) is 2.36. The molecule has 1 aromatic rings. The molecule has 17 heavy (non-hydrogen) atoms. The quantitative estimate of drug-likeness (QED) is 0.900. The number of aromatic nitrogens is 1. The number of methoxy groups -OCH3 is 1. The van der Waals surface area contributed by atoms with Crippen LogP contribution in [0.5, 0.6) is 5.75 Å². The lowest BCUT2D eigenvalue weighted by atomic mass is 9.84. The highest BCUT2D eigenvalue weighted by atomic mass is 35.5. The van der Waals surface area contributed by atoms with Crippen molar-refractivity contribution in [2.24, 2.45) is 0 Å². The average molecular weight is 279 g/mol. The lowest BCUT2D eigenvalue weighted by Crippen LogP contribution is -2.07. The van der Waals surface area contributed by atoms with Crippen LogP contribution in [0.1, 0.15) is 43.6 Å². The van der Waals surface area contributed by atoms with Crippen molar-refractivity contribution < 1.29 is 4.74 Å². The maximum atomic E-state index is 5.64. The second kappa shape index (κ2) is 7.62. The third-order valence-corrected chi connectivity index (χ3v) is 3.18. The standard InChI is InChI=1S/C12H18N2O.2ClH/c1-15-11-7-12(13)14-8-10(11)9-5-3-2-4-6-9;;/h7-9H,2-6H2,1H3,(H2,13,14);2*1H. The summed E-state index contributed by atoms with van der Waals surface area (Å²) in [6, 6.07) is 1.82. The molecule has 0 bridgehead atoms. The number of nitrogen functional groups attached to an aromatic ring is 1. The van der Waals surface area contributed by atoms with E-state index in [2.05, 4.69) is 4.98 Å². The van der Waals surface area contributed by atoms with Gasteiger partial charge in [0.15, 0.2) is 0 Å². The number of nitrogens with zero attached hydrogens (tertiary/aromatic N) is 1. The van der Waals surface area contributed by atoms with Gasteiger partial charge in [0, 0.05) is 17.8 Å². The first-order valence-electron chi connectivity index (χ1n) is 5.60. The van der Waals surface area contributed by atoms with E-state index in [9.17, 15) is 0 Å². The Labute approximate surface area is 115 Å². The summed E-state index contributed by atoms with van der Waals surface area (Å²) in [5.74, 6) is 2.04. The van der Waals surface area contributed by atoms with E-state index in [4.69, 9.17) is 10.5 Å². The maximum absolute atomic E-state index is 5.64. The zero-order chi connectivity index (χ0) is 10.7. The molecule has 3 nitrogen and oxygen atoms in total. The van der Waals surface area contributed by atoms with Crippen molar-refractivity contribution in [3.05, 3.63) is 17.8 Å². The van der Waals surface area contributed by atoms with Gasteiger partial charge in [-0.3, -0.25) is 0 Å². The Hall–Kier alpha value is -0.670. The van der Waals surface area contributed by atoms with Gasteiger partial charge in [-0.2, -0.15) is 0 Å². The van der Waals surface area contributed by atoms with Crippen molar-refractivity contribution in [3.8, 4) is 5.75 Å². The molecule has 1 saturated carbocycles. The van der Waals surface area contributed by atoms with Crippen molar-refractivity contribution in [2.75, 3.05) is 12.8 Å². The summed E-state index contributed by atoms with van der Waals surface area (Å²) in [5, 5.41) is 0. The molecule has 0 saturated heterocycles. The van der Waals surface area contributed by atoms with Crippen molar-refractivity contribution in [1.82, 2.24) is 4.98 Å². The fraction of sp³-hybridized carbons (Fsp3) is 0.583. The van der Waals surface area contributed by atoms with Crippen molar-refractivity contribution in [3.63, 3.8) is 0 Å². The van der Waals surface area contributed by atoms with E-state index in [1.807, 2.05) is 12.3 Å². The zero-order valence-electron chi connectivity index (χ0n) is 10.0. The summed E-state index contributed by atoms with van der Waals surface area (Å²) in [4.78, 5) is 4.16. The Kier molecular flexibility index (Phi) is 7.32. The summed E-state index contributed by atoms with van der Waals surface area (Å²) in [6.07, 6.45) is 8.38. The van der Waals surface area contributed by atoms with Crippen LogP contribution in [0.25, 0.3) is 0 Å². The molecule has 5 heteroatoms.